The lowest BCUT2D eigenvalue weighted by Gasteiger charge is -2.24. The summed E-state index contributed by atoms with van der Waals surface area (Å²) in [4.78, 5) is 20.4. The van der Waals surface area contributed by atoms with Gasteiger partial charge in [-0.1, -0.05) is 30.3 Å². The fourth-order valence-electron chi connectivity index (χ4n) is 2.76. The van der Waals surface area contributed by atoms with Gasteiger partial charge in [0.05, 0.1) is 34.2 Å². The van der Waals surface area contributed by atoms with Crippen LogP contribution in [0.4, 0.5) is 0 Å². The van der Waals surface area contributed by atoms with E-state index in [-0.39, 0.29) is 11.9 Å². The second kappa shape index (κ2) is 6.57. The van der Waals surface area contributed by atoms with E-state index in [9.17, 15) is 4.79 Å². The summed E-state index contributed by atoms with van der Waals surface area (Å²) in [7, 11) is 1.81. The summed E-state index contributed by atoms with van der Waals surface area (Å²) in [5, 5.41) is 8.03. The average molecular weight is 340 g/mol. The Labute approximate surface area is 145 Å². The van der Waals surface area contributed by atoms with Gasteiger partial charge in [0.15, 0.2) is 0 Å². The van der Waals surface area contributed by atoms with Crippen molar-refractivity contribution in [2.24, 2.45) is 0 Å². The molecule has 124 valence electrons. The molecule has 1 N–H and O–H groups in total. The zero-order valence-electron chi connectivity index (χ0n) is 14.2. The Bertz CT molecular complexity index is 853. The van der Waals surface area contributed by atoms with Crippen molar-refractivity contribution in [1.29, 1.82) is 0 Å². The maximum Gasteiger partial charge on any atom is 0.257 e. The fraction of sp³-hybridized carbons (Fsp3) is 0.278. The third kappa shape index (κ3) is 2.97. The number of aromatic nitrogens is 3. The first-order valence-electron chi connectivity index (χ1n) is 7.79. The van der Waals surface area contributed by atoms with Gasteiger partial charge >= 0.3 is 0 Å². The first kappa shape index (κ1) is 16.4. The number of hydrogen-bond donors (Lipinski definition) is 1. The van der Waals surface area contributed by atoms with Gasteiger partial charge in [-0.05, 0) is 20.8 Å². The molecule has 3 aromatic rings. The van der Waals surface area contributed by atoms with Crippen LogP contribution in [0, 0.1) is 13.8 Å². The second-order valence-electron chi connectivity index (χ2n) is 5.79. The molecule has 6 heteroatoms. The summed E-state index contributed by atoms with van der Waals surface area (Å²) >= 11 is 1.66. The Hall–Kier alpha value is -2.47. The highest BCUT2D eigenvalue weighted by molar-refractivity contribution is 7.11. The molecule has 0 aliphatic carbocycles. The average Bonchev–Trinajstić information content (AvgIpc) is 3.20. The molecular weight excluding hydrogens is 320 g/mol. The molecule has 1 aromatic carbocycles. The van der Waals surface area contributed by atoms with Crippen molar-refractivity contribution >= 4 is 17.2 Å². The smallest absolute Gasteiger partial charge is 0.257 e. The summed E-state index contributed by atoms with van der Waals surface area (Å²) in [6.45, 7) is 6.03. The topological polar surface area (TPSA) is 61.9 Å². The molecule has 0 saturated carbocycles. The zero-order valence-corrected chi connectivity index (χ0v) is 15.0. The molecule has 24 heavy (non-hydrogen) atoms. The van der Waals surface area contributed by atoms with Crippen molar-refractivity contribution in [2.45, 2.75) is 26.8 Å². The van der Waals surface area contributed by atoms with E-state index in [2.05, 4.69) is 15.2 Å². The first-order chi connectivity index (χ1) is 11.5. The molecule has 0 unspecified atom stereocenters. The van der Waals surface area contributed by atoms with E-state index in [0.717, 1.165) is 26.8 Å². The Morgan fingerprint density at radius 1 is 1.25 bits per heavy atom. The number of thiazole rings is 1. The number of H-pyrrole nitrogens is 1. The van der Waals surface area contributed by atoms with Gasteiger partial charge in [0, 0.05) is 17.5 Å². The number of aryl methyl sites for hydroxylation is 2. The molecule has 5 nitrogen and oxygen atoms in total. The number of nitrogens with zero attached hydrogens (tertiary/aromatic N) is 3. The van der Waals surface area contributed by atoms with E-state index in [0.29, 0.717) is 5.56 Å². The Morgan fingerprint density at radius 2 is 1.96 bits per heavy atom. The monoisotopic (exact) mass is 340 g/mol. The van der Waals surface area contributed by atoms with Gasteiger partial charge in [0.25, 0.3) is 5.91 Å². The van der Waals surface area contributed by atoms with E-state index in [1.165, 1.54) is 0 Å². The standard InChI is InChI=1S/C18H20N4OS/c1-11(16-12(2)24-13(3)20-16)22(4)18(23)15-10-19-21-17(15)14-8-6-5-7-9-14/h5-11H,1-4H3,(H,19,21)/t11-/m1/s1. The van der Waals surface area contributed by atoms with Gasteiger partial charge in [0.2, 0.25) is 0 Å². The van der Waals surface area contributed by atoms with Crippen molar-refractivity contribution in [2.75, 3.05) is 7.05 Å². The molecule has 1 amide bonds. The quantitative estimate of drug-likeness (QED) is 0.781. The minimum atomic E-state index is -0.0963. The summed E-state index contributed by atoms with van der Waals surface area (Å²) in [6, 6.07) is 9.66. The lowest BCUT2D eigenvalue weighted by atomic mass is 10.1. The van der Waals surface area contributed by atoms with Crippen LogP contribution in [0.1, 0.15) is 38.9 Å². The van der Waals surface area contributed by atoms with Crippen LogP contribution in [-0.4, -0.2) is 33.0 Å². The number of carbonyl (C=O) groups excluding carboxylic acids is 1. The molecular formula is C18H20N4OS. The lowest BCUT2D eigenvalue weighted by molar-refractivity contribution is 0.0740. The molecule has 0 saturated heterocycles. The summed E-state index contributed by atoms with van der Waals surface area (Å²) in [5.41, 5.74) is 3.21. The van der Waals surface area contributed by atoms with E-state index >= 15 is 0 Å². The van der Waals surface area contributed by atoms with E-state index < -0.39 is 0 Å². The number of amides is 1. The third-order valence-electron chi connectivity index (χ3n) is 4.17. The number of rotatable bonds is 4. The SMILES string of the molecule is Cc1nc([C@@H](C)N(C)C(=O)c2cn[nH]c2-c2ccccc2)c(C)s1. The number of benzene rings is 1. The molecule has 2 aromatic heterocycles. The Balaban J connectivity index is 1.90. The fourth-order valence-corrected chi connectivity index (χ4v) is 3.66. The van der Waals surface area contributed by atoms with Gasteiger partial charge in [-0.15, -0.1) is 11.3 Å². The summed E-state index contributed by atoms with van der Waals surface area (Å²) < 4.78 is 0. The molecule has 0 radical (unpaired) electrons. The van der Waals surface area contributed by atoms with Crippen molar-refractivity contribution in [1.82, 2.24) is 20.1 Å². The highest BCUT2D eigenvalue weighted by Gasteiger charge is 2.25. The number of aromatic amines is 1. The maximum atomic E-state index is 13.0. The van der Waals surface area contributed by atoms with Crippen molar-refractivity contribution in [3.63, 3.8) is 0 Å². The highest BCUT2D eigenvalue weighted by Crippen LogP contribution is 2.28. The molecule has 1 atom stereocenters. The second-order valence-corrected chi connectivity index (χ2v) is 7.20. The molecule has 2 heterocycles. The van der Waals surface area contributed by atoms with Gasteiger partial charge in [-0.3, -0.25) is 9.89 Å². The first-order valence-corrected chi connectivity index (χ1v) is 8.60. The molecule has 0 bridgehead atoms. The largest absolute Gasteiger partial charge is 0.333 e. The van der Waals surface area contributed by atoms with Crippen molar-refractivity contribution < 1.29 is 4.79 Å². The molecule has 3 rings (SSSR count). The van der Waals surface area contributed by atoms with Gasteiger partial charge in [0.1, 0.15) is 0 Å². The summed E-state index contributed by atoms with van der Waals surface area (Å²) in [6.07, 6.45) is 1.59. The maximum absolute atomic E-state index is 13.0. The number of carbonyl (C=O) groups is 1. The van der Waals surface area contributed by atoms with E-state index in [1.807, 2.05) is 58.2 Å². The minimum Gasteiger partial charge on any atom is -0.333 e. The lowest BCUT2D eigenvalue weighted by Crippen LogP contribution is -2.30. The third-order valence-corrected chi connectivity index (χ3v) is 5.07. The highest BCUT2D eigenvalue weighted by atomic mass is 32.1. The van der Waals surface area contributed by atoms with Gasteiger partial charge < -0.3 is 4.90 Å². The number of nitrogens with one attached hydrogen (secondary N) is 1. The zero-order chi connectivity index (χ0) is 17.3. The van der Waals surface area contributed by atoms with Crippen LogP contribution in [0.25, 0.3) is 11.3 Å². The van der Waals surface area contributed by atoms with Crippen molar-refractivity contribution in [3.05, 3.63) is 57.7 Å². The summed E-state index contributed by atoms with van der Waals surface area (Å²) in [5.74, 6) is -0.0693. The van der Waals surface area contributed by atoms with Gasteiger partial charge in [-0.2, -0.15) is 5.10 Å². The van der Waals surface area contributed by atoms with Crippen LogP contribution in [0.15, 0.2) is 36.5 Å². The van der Waals surface area contributed by atoms with Gasteiger partial charge in [-0.25, -0.2) is 4.98 Å². The number of hydrogen-bond acceptors (Lipinski definition) is 4. The van der Waals surface area contributed by atoms with E-state index in [1.54, 1.807) is 22.4 Å². The van der Waals surface area contributed by atoms with Crippen LogP contribution in [-0.2, 0) is 0 Å². The predicted octanol–water partition coefficient (Wildman–Crippen LogP) is 3.98. The van der Waals surface area contributed by atoms with Crippen molar-refractivity contribution in [3.8, 4) is 11.3 Å². The van der Waals surface area contributed by atoms with Crippen LogP contribution >= 0.6 is 11.3 Å². The van der Waals surface area contributed by atoms with E-state index in [4.69, 9.17) is 0 Å². The van der Waals surface area contributed by atoms with Crippen LogP contribution in [0.3, 0.4) is 0 Å². The van der Waals surface area contributed by atoms with Crippen LogP contribution < -0.4 is 0 Å². The molecule has 0 spiro atoms. The molecule has 0 aliphatic heterocycles. The predicted molar refractivity (Wildman–Crippen MR) is 96.1 cm³/mol. The normalized spacial score (nSPS) is 12.2. The van der Waals surface area contributed by atoms with Crippen LogP contribution in [0.5, 0.6) is 0 Å². The Kier molecular flexibility index (Phi) is 4.49. The Morgan fingerprint density at radius 3 is 2.58 bits per heavy atom. The van der Waals surface area contributed by atoms with Crippen LogP contribution in [0.2, 0.25) is 0 Å². The minimum absolute atomic E-state index is 0.0693. The molecule has 0 aliphatic rings. The molecule has 0 fully saturated rings.